The molecule has 0 spiro atoms. The van der Waals surface area contributed by atoms with Gasteiger partial charge in [-0.3, -0.25) is 0 Å². The second-order valence-electron chi connectivity index (χ2n) is 4.02. The molecule has 76 valence electrons. The minimum atomic E-state index is 0.504. The summed E-state index contributed by atoms with van der Waals surface area (Å²) in [7, 11) is 0. The van der Waals surface area contributed by atoms with E-state index in [-0.39, 0.29) is 0 Å². The second-order valence-corrected chi connectivity index (χ2v) is 4.02. The molecule has 0 aromatic heterocycles. The normalized spacial score (nSPS) is 24.9. The lowest BCUT2D eigenvalue weighted by Gasteiger charge is -2.02. The average molecular weight is 190 g/mol. The highest BCUT2D eigenvalue weighted by molar-refractivity contribution is 5.26. The Kier molecular flexibility index (Phi) is 3.20. The molecule has 0 aliphatic heterocycles. The van der Waals surface area contributed by atoms with Crippen LogP contribution in [0.3, 0.4) is 0 Å². The first-order valence-electron chi connectivity index (χ1n) is 5.58. The van der Waals surface area contributed by atoms with Gasteiger partial charge in [-0.15, -0.1) is 0 Å². The van der Waals surface area contributed by atoms with Gasteiger partial charge in [-0.05, 0) is 18.4 Å². The number of hydrogen-bond donors (Lipinski definition) is 0. The molecule has 14 heavy (non-hydrogen) atoms. The van der Waals surface area contributed by atoms with Gasteiger partial charge in [0.05, 0.1) is 6.10 Å². The van der Waals surface area contributed by atoms with E-state index in [2.05, 4.69) is 37.3 Å². The number of benzene rings is 1. The third-order valence-electron chi connectivity index (χ3n) is 2.79. The standard InChI is InChI=1S/C13H18O/c1-2-3-9-14-13-10-12(13)11-7-5-4-6-8-11/h4-8,12-13H,2-3,9-10H2,1H3/t12?,13-/m0/s1. The molecule has 0 saturated heterocycles. The second kappa shape index (κ2) is 4.61. The Bertz CT molecular complexity index is 268. The van der Waals surface area contributed by atoms with Crippen molar-refractivity contribution in [2.24, 2.45) is 0 Å². The van der Waals surface area contributed by atoms with Crippen molar-refractivity contribution in [1.82, 2.24) is 0 Å². The van der Waals surface area contributed by atoms with Crippen LogP contribution in [0.15, 0.2) is 30.3 Å². The van der Waals surface area contributed by atoms with Crippen LogP contribution in [0.5, 0.6) is 0 Å². The SMILES string of the molecule is CCCCO[C@H]1CC1c1ccccc1. The van der Waals surface area contributed by atoms with Gasteiger partial charge in [0.25, 0.3) is 0 Å². The summed E-state index contributed by atoms with van der Waals surface area (Å²) >= 11 is 0. The molecule has 1 aromatic carbocycles. The summed E-state index contributed by atoms with van der Waals surface area (Å²) in [5.41, 5.74) is 1.44. The molecule has 1 aliphatic rings. The molecule has 1 unspecified atom stereocenters. The fourth-order valence-corrected chi connectivity index (χ4v) is 1.79. The first kappa shape index (κ1) is 9.72. The van der Waals surface area contributed by atoms with Crippen molar-refractivity contribution in [2.45, 2.75) is 38.2 Å². The minimum absolute atomic E-state index is 0.504. The summed E-state index contributed by atoms with van der Waals surface area (Å²) < 4.78 is 5.76. The topological polar surface area (TPSA) is 9.23 Å². The molecular formula is C13H18O. The van der Waals surface area contributed by atoms with Crippen LogP contribution < -0.4 is 0 Å². The maximum Gasteiger partial charge on any atom is 0.0651 e. The summed E-state index contributed by atoms with van der Waals surface area (Å²) in [5, 5.41) is 0. The predicted octanol–water partition coefficient (Wildman–Crippen LogP) is 3.36. The average Bonchev–Trinajstić information content (AvgIpc) is 2.99. The van der Waals surface area contributed by atoms with Crippen LogP contribution in [0.2, 0.25) is 0 Å². The Morgan fingerprint density at radius 3 is 2.79 bits per heavy atom. The fraction of sp³-hybridized carbons (Fsp3) is 0.538. The van der Waals surface area contributed by atoms with Crippen molar-refractivity contribution in [3.63, 3.8) is 0 Å². The molecule has 2 rings (SSSR count). The van der Waals surface area contributed by atoms with E-state index in [9.17, 15) is 0 Å². The lowest BCUT2D eigenvalue weighted by molar-refractivity contribution is 0.113. The molecule has 0 amide bonds. The third kappa shape index (κ3) is 2.36. The van der Waals surface area contributed by atoms with Crippen molar-refractivity contribution in [3.8, 4) is 0 Å². The molecule has 2 atom stereocenters. The number of hydrogen-bond acceptors (Lipinski definition) is 1. The van der Waals surface area contributed by atoms with E-state index in [1.165, 1.54) is 24.8 Å². The zero-order valence-electron chi connectivity index (χ0n) is 8.78. The molecule has 1 saturated carbocycles. The maximum atomic E-state index is 5.76. The fourth-order valence-electron chi connectivity index (χ4n) is 1.79. The van der Waals surface area contributed by atoms with Crippen molar-refractivity contribution < 1.29 is 4.74 Å². The van der Waals surface area contributed by atoms with Gasteiger partial charge in [0.15, 0.2) is 0 Å². The molecular weight excluding hydrogens is 172 g/mol. The molecule has 0 N–H and O–H groups in total. The van der Waals surface area contributed by atoms with Crippen LogP contribution in [0, 0.1) is 0 Å². The van der Waals surface area contributed by atoms with E-state index in [0.29, 0.717) is 12.0 Å². The van der Waals surface area contributed by atoms with Crippen LogP contribution in [-0.4, -0.2) is 12.7 Å². The summed E-state index contributed by atoms with van der Waals surface area (Å²) in [6, 6.07) is 10.7. The highest BCUT2D eigenvalue weighted by atomic mass is 16.5. The Morgan fingerprint density at radius 1 is 1.29 bits per heavy atom. The summed E-state index contributed by atoms with van der Waals surface area (Å²) in [5.74, 6) is 0.674. The van der Waals surface area contributed by atoms with Gasteiger partial charge in [0.2, 0.25) is 0 Å². The number of unbranched alkanes of at least 4 members (excludes halogenated alkanes) is 1. The monoisotopic (exact) mass is 190 g/mol. The Hall–Kier alpha value is -0.820. The zero-order valence-corrected chi connectivity index (χ0v) is 8.78. The minimum Gasteiger partial charge on any atom is -0.378 e. The Balaban J connectivity index is 1.76. The van der Waals surface area contributed by atoms with E-state index >= 15 is 0 Å². The summed E-state index contributed by atoms with van der Waals surface area (Å²) in [6.07, 6.45) is 4.14. The van der Waals surface area contributed by atoms with Crippen molar-refractivity contribution in [2.75, 3.05) is 6.61 Å². The lowest BCUT2D eigenvalue weighted by atomic mass is 10.1. The first-order chi connectivity index (χ1) is 6.92. The zero-order chi connectivity index (χ0) is 9.80. The van der Waals surface area contributed by atoms with Gasteiger partial charge in [0, 0.05) is 12.5 Å². The van der Waals surface area contributed by atoms with E-state index in [0.717, 1.165) is 6.61 Å². The van der Waals surface area contributed by atoms with Crippen LogP contribution >= 0.6 is 0 Å². The largest absolute Gasteiger partial charge is 0.378 e. The van der Waals surface area contributed by atoms with Crippen molar-refractivity contribution in [3.05, 3.63) is 35.9 Å². The molecule has 1 aliphatic carbocycles. The van der Waals surface area contributed by atoms with Gasteiger partial charge >= 0.3 is 0 Å². The van der Waals surface area contributed by atoms with E-state index in [1.807, 2.05) is 0 Å². The third-order valence-corrected chi connectivity index (χ3v) is 2.79. The van der Waals surface area contributed by atoms with Crippen LogP contribution in [0.1, 0.15) is 37.7 Å². The van der Waals surface area contributed by atoms with Gasteiger partial charge in [-0.1, -0.05) is 43.7 Å². The van der Waals surface area contributed by atoms with E-state index < -0.39 is 0 Å². The van der Waals surface area contributed by atoms with Gasteiger partial charge < -0.3 is 4.74 Å². The molecule has 0 bridgehead atoms. The molecule has 1 aromatic rings. The summed E-state index contributed by atoms with van der Waals surface area (Å²) in [6.45, 7) is 3.13. The maximum absolute atomic E-state index is 5.76. The lowest BCUT2D eigenvalue weighted by Crippen LogP contribution is -1.98. The van der Waals surface area contributed by atoms with Gasteiger partial charge in [0.1, 0.15) is 0 Å². The Morgan fingerprint density at radius 2 is 2.07 bits per heavy atom. The molecule has 1 fully saturated rings. The Labute approximate surface area is 86.1 Å². The molecule has 0 heterocycles. The smallest absolute Gasteiger partial charge is 0.0651 e. The van der Waals surface area contributed by atoms with Gasteiger partial charge in [-0.25, -0.2) is 0 Å². The number of ether oxygens (including phenoxy) is 1. The molecule has 1 nitrogen and oxygen atoms in total. The summed E-state index contributed by atoms with van der Waals surface area (Å²) in [4.78, 5) is 0. The van der Waals surface area contributed by atoms with Crippen molar-refractivity contribution >= 4 is 0 Å². The predicted molar refractivity (Wildman–Crippen MR) is 58.4 cm³/mol. The van der Waals surface area contributed by atoms with Crippen LogP contribution in [0.4, 0.5) is 0 Å². The first-order valence-corrected chi connectivity index (χ1v) is 5.58. The van der Waals surface area contributed by atoms with Crippen LogP contribution in [0.25, 0.3) is 0 Å². The van der Waals surface area contributed by atoms with Gasteiger partial charge in [-0.2, -0.15) is 0 Å². The molecule has 1 heteroatoms. The highest BCUT2D eigenvalue weighted by Crippen LogP contribution is 2.43. The van der Waals surface area contributed by atoms with Crippen molar-refractivity contribution in [1.29, 1.82) is 0 Å². The number of rotatable bonds is 5. The highest BCUT2D eigenvalue weighted by Gasteiger charge is 2.38. The quantitative estimate of drug-likeness (QED) is 0.647. The van der Waals surface area contributed by atoms with E-state index in [1.54, 1.807) is 0 Å². The van der Waals surface area contributed by atoms with Crippen LogP contribution in [-0.2, 0) is 4.74 Å². The van der Waals surface area contributed by atoms with E-state index in [4.69, 9.17) is 4.74 Å². The molecule has 0 radical (unpaired) electrons.